The maximum atomic E-state index is 12.8. The van der Waals surface area contributed by atoms with E-state index in [1.165, 1.54) is 0 Å². The molecule has 64 valence electrons. The third-order valence-corrected chi connectivity index (χ3v) is 3.32. The standard InChI is InChI=1S/C8H13F2N/c1-5-2-6(5)7(4-11)3-8(7,9)10/h5-6H,2-4,11H2,1H3. The molecule has 0 heterocycles. The van der Waals surface area contributed by atoms with E-state index in [0.717, 1.165) is 6.42 Å². The van der Waals surface area contributed by atoms with Gasteiger partial charge in [-0.15, -0.1) is 0 Å². The van der Waals surface area contributed by atoms with E-state index >= 15 is 0 Å². The van der Waals surface area contributed by atoms with Gasteiger partial charge in [-0.25, -0.2) is 8.78 Å². The van der Waals surface area contributed by atoms with Crippen LogP contribution in [0.15, 0.2) is 0 Å². The van der Waals surface area contributed by atoms with E-state index in [0.29, 0.717) is 5.92 Å². The Kier molecular flexibility index (Phi) is 1.20. The van der Waals surface area contributed by atoms with Gasteiger partial charge in [-0.3, -0.25) is 0 Å². The molecule has 0 radical (unpaired) electrons. The van der Waals surface area contributed by atoms with E-state index in [-0.39, 0.29) is 18.9 Å². The molecule has 0 aromatic heterocycles. The van der Waals surface area contributed by atoms with Gasteiger partial charge in [-0.05, 0) is 18.3 Å². The molecule has 11 heavy (non-hydrogen) atoms. The van der Waals surface area contributed by atoms with Crippen LogP contribution in [0.3, 0.4) is 0 Å². The predicted molar refractivity (Wildman–Crippen MR) is 38.3 cm³/mol. The van der Waals surface area contributed by atoms with E-state index in [9.17, 15) is 8.78 Å². The highest BCUT2D eigenvalue weighted by atomic mass is 19.3. The number of alkyl halides is 2. The van der Waals surface area contributed by atoms with Crippen LogP contribution in [0.1, 0.15) is 19.8 Å². The zero-order valence-corrected chi connectivity index (χ0v) is 6.61. The molecule has 1 nitrogen and oxygen atoms in total. The number of rotatable bonds is 2. The summed E-state index contributed by atoms with van der Waals surface area (Å²) in [6.45, 7) is 2.19. The smallest absolute Gasteiger partial charge is 0.256 e. The first kappa shape index (κ1) is 7.47. The summed E-state index contributed by atoms with van der Waals surface area (Å²) >= 11 is 0. The highest BCUT2D eigenvalue weighted by Crippen LogP contribution is 2.71. The van der Waals surface area contributed by atoms with E-state index < -0.39 is 11.3 Å². The van der Waals surface area contributed by atoms with Crippen molar-refractivity contribution in [3.63, 3.8) is 0 Å². The van der Waals surface area contributed by atoms with Gasteiger partial charge in [0.2, 0.25) is 0 Å². The summed E-state index contributed by atoms with van der Waals surface area (Å²) < 4.78 is 25.7. The fourth-order valence-corrected chi connectivity index (χ4v) is 2.22. The summed E-state index contributed by atoms with van der Waals surface area (Å²) in [5.41, 5.74) is 4.58. The van der Waals surface area contributed by atoms with E-state index in [1.54, 1.807) is 0 Å². The molecule has 0 aromatic carbocycles. The zero-order chi connectivity index (χ0) is 8.28. The number of halogens is 2. The molecule has 0 bridgehead atoms. The van der Waals surface area contributed by atoms with Crippen LogP contribution in [0, 0.1) is 17.3 Å². The van der Waals surface area contributed by atoms with Crippen LogP contribution < -0.4 is 5.73 Å². The monoisotopic (exact) mass is 161 g/mol. The highest BCUT2D eigenvalue weighted by Gasteiger charge is 2.76. The second-order valence-electron chi connectivity index (χ2n) is 4.06. The molecule has 2 aliphatic carbocycles. The van der Waals surface area contributed by atoms with Crippen LogP contribution in [-0.2, 0) is 0 Å². The van der Waals surface area contributed by atoms with Crippen LogP contribution in [-0.4, -0.2) is 12.5 Å². The average molecular weight is 161 g/mol. The molecule has 3 atom stereocenters. The molecule has 2 saturated carbocycles. The zero-order valence-electron chi connectivity index (χ0n) is 6.61. The van der Waals surface area contributed by atoms with Crippen molar-refractivity contribution in [2.45, 2.75) is 25.7 Å². The molecule has 0 saturated heterocycles. The maximum absolute atomic E-state index is 12.8. The van der Waals surface area contributed by atoms with E-state index in [1.807, 2.05) is 6.92 Å². The lowest BCUT2D eigenvalue weighted by molar-refractivity contribution is 0.0564. The summed E-state index contributed by atoms with van der Waals surface area (Å²) in [5.74, 6) is -1.76. The van der Waals surface area contributed by atoms with Crippen LogP contribution in [0.25, 0.3) is 0 Å². The molecule has 0 spiro atoms. The minimum absolute atomic E-state index is 0.0332. The van der Waals surface area contributed by atoms with Gasteiger partial charge < -0.3 is 5.73 Å². The van der Waals surface area contributed by atoms with Crippen molar-refractivity contribution < 1.29 is 8.78 Å². The van der Waals surface area contributed by atoms with Crippen LogP contribution in [0.4, 0.5) is 8.78 Å². The van der Waals surface area contributed by atoms with E-state index in [2.05, 4.69) is 0 Å². The third kappa shape index (κ3) is 0.776. The second-order valence-corrected chi connectivity index (χ2v) is 4.06. The fourth-order valence-electron chi connectivity index (χ4n) is 2.22. The van der Waals surface area contributed by atoms with Gasteiger partial charge in [-0.1, -0.05) is 6.92 Å². The van der Waals surface area contributed by atoms with Gasteiger partial charge in [0.1, 0.15) is 0 Å². The SMILES string of the molecule is CC1CC1C1(CN)CC1(F)F. The van der Waals surface area contributed by atoms with Crippen molar-refractivity contribution in [1.82, 2.24) is 0 Å². The molecule has 3 heteroatoms. The minimum atomic E-state index is -2.45. The Labute approximate surface area is 65.0 Å². The van der Waals surface area contributed by atoms with Crippen LogP contribution in [0.2, 0.25) is 0 Å². The van der Waals surface area contributed by atoms with Gasteiger partial charge in [0.25, 0.3) is 5.92 Å². The van der Waals surface area contributed by atoms with Gasteiger partial charge in [0.15, 0.2) is 0 Å². The number of nitrogens with two attached hydrogens (primary N) is 1. The Morgan fingerprint density at radius 1 is 1.55 bits per heavy atom. The largest absolute Gasteiger partial charge is 0.330 e. The first-order valence-electron chi connectivity index (χ1n) is 4.11. The molecular weight excluding hydrogens is 148 g/mol. The lowest BCUT2D eigenvalue weighted by Crippen LogP contribution is -2.25. The average Bonchev–Trinajstić information content (AvgIpc) is 2.72. The van der Waals surface area contributed by atoms with Crippen molar-refractivity contribution in [3.8, 4) is 0 Å². The Morgan fingerprint density at radius 2 is 2.00 bits per heavy atom. The third-order valence-electron chi connectivity index (χ3n) is 3.32. The van der Waals surface area contributed by atoms with Crippen LogP contribution >= 0.6 is 0 Å². The second kappa shape index (κ2) is 1.76. The first-order valence-corrected chi connectivity index (χ1v) is 4.11. The van der Waals surface area contributed by atoms with Gasteiger partial charge in [0, 0.05) is 13.0 Å². The quantitative estimate of drug-likeness (QED) is 0.654. The Bertz CT molecular complexity index is 193. The summed E-state index contributed by atoms with van der Waals surface area (Å²) in [4.78, 5) is 0. The van der Waals surface area contributed by atoms with Crippen molar-refractivity contribution >= 4 is 0 Å². The van der Waals surface area contributed by atoms with Gasteiger partial charge >= 0.3 is 0 Å². The first-order chi connectivity index (χ1) is 5.03. The predicted octanol–water partition coefficient (Wildman–Crippen LogP) is 1.63. The van der Waals surface area contributed by atoms with Gasteiger partial charge in [-0.2, -0.15) is 0 Å². The summed E-state index contributed by atoms with van der Waals surface area (Å²) in [7, 11) is 0. The number of hydrogen-bond donors (Lipinski definition) is 1. The van der Waals surface area contributed by atoms with Crippen molar-refractivity contribution in [1.29, 1.82) is 0 Å². The Morgan fingerprint density at radius 3 is 2.09 bits per heavy atom. The Balaban J connectivity index is 2.10. The maximum Gasteiger partial charge on any atom is 0.256 e. The summed E-state index contributed by atoms with van der Waals surface area (Å²) in [6.07, 6.45) is 0.984. The molecule has 2 fully saturated rings. The lowest BCUT2D eigenvalue weighted by Gasteiger charge is -2.12. The Hall–Kier alpha value is -0.180. The molecule has 0 amide bonds. The van der Waals surface area contributed by atoms with E-state index in [4.69, 9.17) is 5.73 Å². The van der Waals surface area contributed by atoms with Gasteiger partial charge in [0.05, 0.1) is 5.41 Å². The van der Waals surface area contributed by atoms with Crippen molar-refractivity contribution in [2.24, 2.45) is 23.0 Å². The van der Waals surface area contributed by atoms with Crippen molar-refractivity contribution in [3.05, 3.63) is 0 Å². The highest BCUT2D eigenvalue weighted by molar-refractivity contribution is 5.18. The topological polar surface area (TPSA) is 26.0 Å². The number of hydrogen-bond acceptors (Lipinski definition) is 1. The van der Waals surface area contributed by atoms with Crippen LogP contribution in [0.5, 0.6) is 0 Å². The molecule has 2 rings (SSSR count). The molecular formula is C8H13F2N. The summed E-state index contributed by atoms with van der Waals surface area (Å²) in [6, 6.07) is 0. The van der Waals surface area contributed by atoms with Crippen molar-refractivity contribution in [2.75, 3.05) is 6.54 Å². The molecule has 0 aliphatic heterocycles. The molecule has 2 N–H and O–H groups in total. The summed E-state index contributed by atoms with van der Waals surface area (Å²) in [5, 5.41) is 0. The normalized spacial score (nSPS) is 52.4. The molecule has 0 aromatic rings. The molecule has 2 aliphatic rings. The minimum Gasteiger partial charge on any atom is -0.330 e. The molecule has 3 unspecified atom stereocenters. The lowest BCUT2D eigenvalue weighted by atomic mass is 9.98. The fraction of sp³-hybridized carbons (Fsp3) is 1.00.